The van der Waals surface area contributed by atoms with Crippen LogP contribution in [0, 0.1) is 0 Å². The maximum atomic E-state index is 6.18. The number of nitrogens with zero attached hydrogens (tertiary/aromatic N) is 1. The summed E-state index contributed by atoms with van der Waals surface area (Å²) in [6, 6.07) is 9.83. The quantitative estimate of drug-likeness (QED) is 0.773. The van der Waals surface area contributed by atoms with Crippen LogP contribution in [0.4, 0.5) is 0 Å². The zero-order valence-electron chi connectivity index (χ0n) is 12.4. The van der Waals surface area contributed by atoms with Crippen molar-refractivity contribution in [2.24, 2.45) is 5.73 Å². The second-order valence-electron chi connectivity index (χ2n) is 5.91. The van der Waals surface area contributed by atoms with E-state index in [9.17, 15) is 0 Å². The van der Waals surface area contributed by atoms with Gasteiger partial charge in [0.2, 0.25) is 0 Å². The van der Waals surface area contributed by atoms with Crippen molar-refractivity contribution in [2.75, 3.05) is 20.1 Å². The van der Waals surface area contributed by atoms with Crippen molar-refractivity contribution < 1.29 is 0 Å². The second kappa shape index (κ2) is 6.51. The number of hydrogen-bond donors (Lipinski definition) is 2. The normalized spacial score (nSPS) is 22.2. The van der Waals surface area contributed by atoms with Crippen LogP contribution < -0.4 is 11.1 Å². The Hall–Kier alpha value is -0.900. The van der Waals surface area contributed by atoms with Crippen molar-refractivity contribution in [1.82, 2.24) is 10.2 Å². The number of nitrogens with two attached hydrogens (primary N) is 1. The number of nitrogens with one attached hydrogen (secondary N) is 1. The molecular weight excluding hydrogens is 234 g/mol. The Morgan fingerprint density at radius 3 is 2.68 bits per heavy atom. The van der Waals surface area contributed by atoms with Gasteiger partial charge in [-0.2, -0.15) is 0 Å². The van der Waals surface area contributed by atoms with Crippen molar-refractivity contribution in [2.45, 2.75) is 44.8 Å². The van der Waals surface area contributed by atoms with Crippen molar-refractivity contribution in [1.29, 1.82) is 0 Å². The van der Waals surface area contributed by atoms with E-state index in [1.54, 1.807) is 0 Å². The highest BCUT2D eigenvalue weighted by molar-refractivity contribution is 5.37. The van der Waals surface area contributed by atoms with Crippen molar-refractivity contribution in [3.63, 3.8) is 0 Å². The predicted molar refractivity (Wildman–Crippen MR) is 81.1 cm³/mol. The molecule has 0 spiro atoms. The molecule has 0 aromatic heterocycles. The Balaban J connectivity index is 1.79. The summed E-state index contributed by atoms with van der Waals surface area (Å²) in [6.45, 7) is 6.67. The van der Waals surface area contributed by atoms with E-state index in [1.165, 1.54) is 17.5 Å². The highest BCUT2D eigenvalue weighted by Gasteiger charge is 2.27. The van der Waals surface area contributed by atoms with Crippen LogP contribution in [0.1, 0.15) is 49.9 Å². The molecule has 0 amide bonds. The van der Waals surface area contributed by atoms with Crippen LogP contribution >= 0.6 is 0 Å². The van der Waals surface area contributed by atoms with Gasteiger partial charge < -0.3 is 16.0 Å². The first-order valence-corrected chi connectivity index (χ1v) is 7.37. The monoisotopic (exact) mass is 261 g/mol. The SMILES string of the molecule is CC(C)N(C)CCCNC1CC(N)c2ccccc21. The molecule has 106 valence electrons. The molecule has 0 saturated heterocycles. The summed E-state index contributed by atoms with van der Waals surface area (Å²) >= 11 is 0. The lowest BCUT2D eigenvalue weighted by molar-refractivity contribution is 0.267. The van der Waals surface area contributed by atoms with Gasteiger partial charge >= 0.3 is 0 Å². The fourth-order valence-corrected chi connectivity index (χ4v) is 2.73. The standard InChI is InChI=1S/C16H27N3/c1-12(2)19(3)10-6-9-18-16-11-15(17)13-7-4-5-8-14(13)16/h4-5,7-8,12,15-16,18H,6,9-11,17H2,1-3H3. The van der Waals surface area contributed by atoms with Crippen LogP contribution in [0.5, 0.6) is 0 Å². The molecule has 0 saturated carbocycles. The van der Waals surface area contributed by atoms with Crippen LogP contribution in [0.3, 0.4) is 0 Å². The van der Waals surface area contributed by atoms with Gasteiger partial charge in [0.1, 0.15) is 0 Å². The van der Waals surface area contributed by atoms with E-state index < -0.39 is 0 Å². The summed E-state index contributed by atoms with van der Waals surface area (Å²) in [6.07, 6.45) is 2.21. The van der Waals surface area contributed by atoms with E-state index in [2.05, 4.69) is 55.4 Å². The Morgan fingerprint density at radius 2 is 2.00 bits per heavy atom. The molecule has 3 nitrogen and oxygen atoms in total. The van der Waals surface area contributed by atoms with Gasteiger partial charge in [-0.1, -0.05) is 24.3 Å². The van der Waals surface area contributed by atoms with E-state index in [0.29, 0.717) is 12.1 Å². The third-order valence-corrected chi connectivity index (χ3v) is 4.22. The lowest BCUT2D eigenvalue weighted by Crippen LogP contribution is -2.30. The first kappa shape index (κ1) is 14.5. The van der Waals surface area contributed by atoms with E-state index in [-0.39, 0.29) is 6.04 Å². The maximum Gasteiger partial charge on any atom is 0.0341 e. The summed E-state index contributed by atoms with van der Waals surface area (Å²) < 4.78 is 0. The molecule has 3 heteroatoms. The highest BCUT2D eigenvalue weighted by atomic mass is 15.1. The van der Waals surface area contributed by atoms with Crippen molar-refractivity contribution >= 4 is 0 Å². The van der Waals surface area contributed by atoms with Gasteiger partial charge in [-0.25, -0.2) is 0 Å². The fraction of sp³-hybridized carbons (Fsp3) is 0.625. The van der Waals surface area contributed by atoms with Gasteiger partial charge in [-0.15, -0.1) is 0 Å². The van der Waals surface area contributed by atoms with Crippen LogP contribution in [0.25, 0.3) is 0 Å². The minimum absolute atomic E-state index is 0.201. The molecule has 0 aliphatic heterocycles. The van der Waals surface area contributed by atoms with E-state index >= 15 is 0 Å². The highest BCUT2D eigenvalue weighted by Crippen LogP contribution is 2.36. The molecule has 2 rings (SSSR count). The lowest BCUT2D eigenvalue weighted by Gasteiger charge is -2.21. The van der Waals surface area contributed by atoms with Crippen molar-refractivity contribution in [3.05, 3.63) is 35.4 Å². The third kappa shape index (κ3) is 3.56. The molecule has 0 radical (unpaired) electrons. The topological polar surface area (TPSA) is 41.3 Å². The smallest absolute Gasteiger partial charge is 0.0341 e. The van der Waals surface area contributed by atoms with Crippen LogP contribution in [0.2, 0.25) is 0 Å². The molecule has 2 unspecified atom stereocenters. The van der Waals surface area contributed by atoms with Crippen LogP contribution in [-0.4, -0.2) is 31.1 Å². The van der Waals surface area contributed by atoms with Gasteiger partial charge in [0.05, 0.1) is 0 Å². The molecule has 0 heterocycles. The second-order valence-corrected chi connectivity index (χ2v) is 5.91. The van der Waals surface area contributed by atoms with Crippen LogP contribution in [0.15, 0.2) is 24.3 Å². The molecule has 0 bridgehead atoms. The van der Waals surface area contributed by atoms with Gasteiger partial charge in [0.15, 0.2) is 0 Å². The summed E-state index contributed by atoms with van der Waals surface area (Å²) in [5, 5.41) is 3.66. The molecule has 3 N–H and O–H groups in total. The lowest BCUT2D eigenvalue weighted by atomic mass is 10.1. The predicted octanol–water partition coefficient (Wildman–Crippen LogP) is 2.45. The molecule has 2 atom stereocenters. The van der Waals surface area contributed by atoms with Gasteiger partial charge in [-0.05, 0) is 58.0 Å². The zero-order chi connectivity index (χ0) is 13.8. The van der Waals surface area contributed by atoms with Gasteiger partial charge in [0, 0.05) is 18.1 Å². The average molecular weight is 261 g/mol. The van der Waals surface area contributed by atoms with E-state index in [1.807, 2.05) is 0 Å². The first-order chi connectivity index (χ1) is 9.09. The molecule has 1 aromatic rings. The molecular formula is C16H27N3. The molecule has 1 aromatic carbocycles. The number of fused-ring (bicyclic) bond motifs is 1. The number of benzene rings is 1. The van der Waals surface area contributed by atoms with Gasteiger partial charge in [0.25, 0.3) is 0 Å². The largest absolute Gasteiger partial charge is 0.324 e. The molecule has 1 aliphatic rings. The Bertz CT molecular complexity index is 403. The molecule has 0 fully saturated rings. The summed E-state index contributed by atoms with van der Waals surface area (Å²) in [7, 11) is 2.19. The van der Waals surface area contributed by atoms with E-state index in [4.69, 9.17) is 5.73 Å². The molecule has 19 heavy (non-hydrogen) atoms. The Kier molecular flexibility index (Phi) is 4.97. The zero-order valence-corrected chi connectivity index (χ0v) is 12.4. The maximum absolute atomic E-state index is 6.18. The fourth-order valence-electron chi connectivity index (χ4n) is 2.73. The van der Waals surface area contributed by atoms with Gasteiger partial charge in [-0.3, -0.25) is 0 Å². The third-order valence-electron chi connectivity index (χ3n) is 4.22. The first-order valence-electron chi connectivity index (χ1n) is 7.37. The summed E-state index contributed by atoms with van der Waals surface area (Å²) in [5.41, 5.74) is 8.90. The van der Waals surface area contributed by atoms with Crippen molar-refractivity contribution in [3.8, 4) is 0 Å². The number of rotatable bonds is 6. The van der Waals surface area contributed by atoms with E-state index in [0.717, 1.165) is 19.5 Å². The molecule has 1 aliphatic carbocycles. The Morgan fingerprint density at radius 1 is 1.32 bits per heavy atom. The summed E-state index contributed by atoms with van der Waals surface area (Å²) in [5.74, 6) is 0. The average Bonchev–Trinajstić information content (AvgIpc) is 2.72. The van der Waals surface area contributed by atoms with Crippen LogP contribution in [-0.2, 0) is 0 Å². The number of hydrogen-bond acceptors (Lipinski definition) is 3. The summed E-state index contributed by atoms with van der Waals surface area (Å²) in [4.78, 5) is 2.38. The minimum atomic E-state index is 0.201. The Labute approximate surface area is 117 Å². The minimum Gasteiger partial charge on any atom is -0.324 e.